The number of nitrogen functional groups attached to an aromatic ring is 1. The number of rotatable bonds is 4. The zero-order valence-electron chi connectivity index (χ0n) is 22.7. The first-order valence-electron chi connectivity index (χ1n) is 13.8. The second kappa shape index (κ2) is 10.0. The largest absolute Gasteiger partial charge is 0.433 e. The summed E-state index contributed by atoms with van der Waals surface area (Å²) >= 11 is 0. The monoisotopic (exact) mass is 564 g/mol. The lowest BCUT2D eigenvalue weighted by Gasteiger charge is -2.38. The Morgan fingerprint density at radius 1 is 1.15 bits per heavy atom. The van der Waals surface area contributed by atoms with Gasteiger partial charge < -0.3 is 15.5 Å². The number of nitrogens with two attached hydrogens (primary N) is 1. The van der Waals surface area contributed by atoms with Crippen molar-refractivity contribution < 1.29 is 22.8 Å². The van der Waals surface area contributed by atoms with Gasteiger partial charge in [-0.05, 0) is 55.0 Å². The number of anilines is 1. The fraction of sp³-hybridized carbons (Fsp3) is 0.400. The number of carbonyl (C=O) groups is 2. The summed E-state index contributed by atoms with van der Waals surface area (Å²) in [4.78, 5) is 33.2. The van der Waals surface area contributed by atoms with E-state index in [2.05, 4.69) is 36.7 Å². The standard InChI is InChI=1S/C30H31F3N6O2/c1-3-27(40)37-11-9-22-28-24(39(36-22)23-8-7-19(13-17(23)2)18-5-4-6-18)10-12-38(25(28)16-37)29(41)20-15-35-26(14-21(20)34)30(31,32)33/h3,7-8,13-15,18,25H,1,4-6,9-12,16H2,2H3,(H2,34,35)/t25-/m0/s1. The summed E-state index contributed by atoms with van der Waals surface area (Å²) in [6.07, 6.45) is 2.11. The van der Waals surface area contributed by atoms with Crippen LogP contribution in [-0.2, 0) is 23.8 Å². The molecule has 3 aromatic rings. The van der Waals surface area contributed by atoms with Gasteiger partial charge in [0.15, 0.2) is 0 Å². The lowest BCUT2D eigenvalue weighted by atomic mass is 9.79. The highest BCUT2D eigenvalue weighted by Gasteiger charge is 2.41. The number of alkyl halides is 3. The molecule has 3 aliphatic rings. The van der Waals surface area contributed by atoms with E-state index in [4.69, 9.17) is 10.8 Å². The van der Waals surface area contributed by atoms with Gasteiger partial charge in [-0.25, -0.2) is 4.68 Å². The van der Waals surface area contributed by atoms with Gasteiger partial charge in [0, 0.05) is 49.9 Å². The molecule has 214 valence electrons. The van der Waals surface area contributed by atoms with Gasteiger partial charge in [0.2, 0.25) is 5.91 Å². The van der Waals surface area contributed by atoms with E-state index in [0.29, 0.717) is 31.4 Å². The molecule has 2 aromatic heterocycles. The van der Waals surface area contributed by atoms with Crippen LogP contribution in [0, 0.1) is 6.92 Å². The molecular weight excluding hydrogens is 533 g/mol. The van der Waals surface area contributed by atoms with Crippen LogP contribution in [0.5, 0.6) is 0 Å². The Bertz CT molecular complexity index is 1560. The summed E-state index contributed by atoms with van der Waals surface area (Å²) in [7, 11) is 0. The Kier molecular flexibility index (Phi) is 6.62. The van der Waals surface area contributed by atoms with E-state index in [9.17, 15) is 22.8 Å². The first-order chi connectivity index (χ1) is 19.6. The minimum Gasteiger partial charge on any atom is -0.398 e. The fourth-order valence-electron chi connectivity index (χ4n) is 6.24. The molecule has 2 aliphatic heterocycles. The van der Waals surface area contributed by atoms with Crippen LogP contribution >= 0.6 is 0 Å². The number of nitrogens with zero attached hydrogens (tertiary/aromatic N) is 5. The fourth-order valence-corrected chi connectivity index (χ4v) is 6.24. The smallest absolute Gasteiger partial charge is 0.398 e. The highest BCUT2D eigenvalue weighted by Crippen LogP contribution is 2.40. The second-order valence-corrected chi connectivity index (χ2v) is 11.0. The number of halogens is 3. The van der Waals surface area contributed by atoms with Gasteiger partial charge in [-0.15, -0.1) is 0 Å². The van der Waals surface area contributed by atoms with E-state index in [1.807, 2.05) is 4.68 Å². The molecule has 2 amide bonds. The van der Waals surface area contributed by atoms with Crippen molar-refractivity contribution in [3.63, 3.8) is 0 Å². The molecule has 6 rings (SSSR count). The van der Waals surface area contributed by atoms with Gasteiger partial charge in [-0.3, -0.25) is 14.6 Å². The van der Waals surface area contributed by atoms with Crippen molar-refractivity contribution in [2.75, 3.05) is 25.4 Å². The van der Waals surface area contributed by atoms with Crippen molar-refractivity contribution in [2.24, 2.45) is 0 Å². The number of amides is 2. The number of aromatic nitrogens is 3. The lowest BCUT2D eigenvalue weighted by molar-refractivity contribution is -0.141. The van der Waals surface area contributed by atoms with E-state index in [-0.39, 0.29) is 30.2 Å². The molecule has 1 atom stereocenters. The molecule has 1 saturated carbocycles. The minimum absolute atomic E-state index is 0.108. The Labute approximate surface area is 235 Å². The third kappa shape index (κ3) is 4.66. The maximum absolute atomic E-state index is 13.8. The van der Waals surface area contributed by atoms with E-state index in [1.54, 1.807) is 9.80 Å². The molecule has 0 radical (unpaired) electrons. The number of hydrogen-bond acceptors (Lipinski definition) is 5. The molecule has 2 N–H and O–H groups in total. The van der Waals surface area contributed by atoms with Gasteiger partial charge in [0.25, 0.3) is 5.91 Å². The van der Waals surface area contributed by atoms with Crippen LogP contribution < -0.4 is 5.73 Å². The van der Waals surface area contributed by atoms with Gasteiger partial charge in [-0.2, -0.15) is 18.3 Å². The van der Waals surface area contributed by atoms with Crippen molar-refractivity contribution >= 4 is 17.5 Å². The van der Waals surface area contributed by atoms with Crippen LogP contribution in [-0.4, -0.2) is 56.0 Å². The molecule has 0 saturated heterocycles. The molecule has 4 heterocycles. The SMILES string of the molecule is C=CC(=O)N1CCc2nn(-c3ccc(C4CCC4)cc3C)c3c2[C@H](C1)N(C(=O)c1cnc(C(F)(F)F)cc1N)CC3. The molecule has 1 fully saturated rings. The van der Waals surface area contributed by atoms with Crippen molar-refractivity contribution in [1.29, 1.82) is 0 Å². The minimum atomic E-state index is -4.68. The number of pyridine rings is 1. The quantitative estimate of drug-likeness (QED) is 0.461. The summed E-state index contributed by atoms with van der Waals surface area (Å²) < 4.78 is 41.5. The van der Waals surface area contributed by atoms with Crippen LogP contribution in [0.4, 0.5) is 18.9 Å². The first kappa shape index (κ1) is 27.0. The Morgan fingerprint density at radius 3 is 2.56 bits per heavy atom. The Hall–Kier alpha value is -4.15. The van der Waals surface area contributed by atoms with Crippen molar-refractivity contribution in [3.8, 4) is 5.69 Å². The van der Waals surface area contributed by atoms with Crippen molar-refractivity contribution in [1.82, 2.24) is 24.6 Å². The van der Waals surface area contributed by atoms with Crippen LogP contribution in [0.2, 0.25) is 0 Å². The molecule has 8 nitrogen and oxygen atoms in total. The molecule has 0 spiro atoms. The highest BCUT2D eigenvalue weighted by molar-refractivity contribution is 5.99. The van der Waals surface area contributed by atoms with E-state index in [0.717, 1.165) is 34.4 Å². The third-order valence-corrected chi connectivity index (χ3v) is 8.64. The maximum Gasteiger partial charge on any atom is 0.433 e. The average Bonchev–Trinajstić information content (AvgIpc) is 3.15. The number of aryl methyl sites for hydroxylation is 1. The highest BCUT2D eigenvalue weighted by atomic mass is 19.4. The zero-order chi connectivity index (χ0) is 29.1. The number of benzene rings is 1. The van der Waals surface area contributed by atoms with Gasteiger partial charge >= 0.3 is 6.18 Å². The van der Waals surface area contributed by atoms with Crippen molar-refractivity contribution in [2.45, 2.75) is 57.2 Å². The molecule has 41 heavy (non-hydrogen) atoms. The van der Waals surface area contributed by atoms with E-state index in [1.165, 1.54) is 30.9 Å². The van der Waals surface area contributed by atoms with Crippen LogP contribution in [0.1, 0.15) is 75.4 Å². The predicted molar refractivity (Wildman–Crippen MR) is 147 cm³/mol. The molecular formula is C30H31F3N6O2. The lowest BCUT2D eigenvalue weighted by Crippen LogP contribution is -2.46. The van der Waals surface area contributed by atoms with Gasteiger partial charge in [0.1, 0.15) is 5.69 Å². The Balaban J connectivity index is 1.40. The molecule has 0 unspecified atom stereocenters. The normalized spacial score (nSPS) is 18.9. The zero-order valence-corrected chi connectivity index (χ0v) is 22.7. The first-order valence-corrected chi connectivity index (χ1v) is 13.8. The average molecular weight is 565 g/mol. The predicted octanol–water partition coefficient (Wildman–Crippen LogP) is 4.75. The van der Waals surface area contributed by atoms with Crippen LogP contribution in [0.15, 0.2) is 43.1 Å². The number of carbonyl (C=O) groups excluding carboxylic acids is 2. The van der Waals surface area contributed by atoms with E-state index < -0.39 is 23.8 Å². The van der Waals surface area contributed by atoms with Gasteiger partial charge in [0.05, 0.1) is 28.7 Å². The van der Waals surface area contributed by atoms with Crippen LogP contribution in [0.25, 0.3) is 5.69 Å². The summed E-state index contributed by atoms with van der Waals surface area (Å²) in [5.41, 5.74) is 10.5. The summed E-state index contributed by atoms with van der Waals surface area (Å²) in [5.74, 6) is -0.187. The molecule has 11 heteroatoms. The topological polar surface area (TPSA) is 97.4 Å². The third-order valence-electron chi connectivity index (χ3n) is 8.64. The maximum atomic E-state index is 13.8. The molecule has 1 aliphatic carbocycles. The summed E-state index contributed by atoms with van der Waals surface area (Å²) in [6, 6.07) is 6.65. The van der Waals surface area contributed by atoms with Crippen LogP contribution in [0.3, 0.4) is 0 Å². The second-order valence-electron chi connectivity index (χ2n) is 11.0. The summed E-state index contributed by atoms with van der Waals surface area (Å²) in [5, 5.41) is 5.01. The molecule has 1 aromatic carbocycles. The van der Waals surface area contributed by atoms with Crippen molar-refractivity contribution in [3.05, 3.63) is 82.5 Å². The Morgan fingerprint density at radius 2 is 1.93 bits per heavy atom. The number of hydrogen-bond donors (Lipinski definition) is 1. The van der Waals surface area contributed by atoms with E-state index >= 15 is 0 Å². The molecule has 0 bridgehead atoms. The summed E-state index contributed by atoms with van der Waals surface area (Å²) in [6.45, 7) is 6.57. The van der Waals surface area contributed by atoms with Gasteiger partial charge in [-0.1, -0.05) is 25.1 Å².